The van der Waals surface area contributed by atoms with Crippen molar-refractivity contribution in [3.05, 3.63) is 47.5 Å². The van der Waals surface area contributed by atoms with Crippen molar-refractivity contribution >= 4 is 5.97 Å². The SMILES string of the molecule is C=CC(=O)OCCCOC1CCC(C2CCC(c3cc(F)c(CCC)c(F)c3)CC2)CC1.[HH].[HH]. The van der Waals surface area contributed by atoms with E-state index in [4.69, 9.17) is 9.47 Å². The predicted octanol–water partition coefficient (Wildman–Crippen LogP) is 7.38. The molecule has 0 amide bonds. The molecule has 0 bridgehead atoms. The summed E-state index contributed by atoms with van der Waals surface area (Å²) in [6.45, 7) is 6.31. The lowest BCUT2D eigenvalue weighted by Gasteiger charge is -2.38. The van der Waals surface area contributed by atoms with Crippen molar-refractivity contribution in [2.45, 2.75) is 89.6 Å². The Hall–Kier alpha value is -1.75. The number of benzene rings is 1. The van der Waals surface area contributed by atoms with Gasteiger partial charge in [0.2, 0.25) is 0 Å². The zero-order chi connectivity index (χ0) is 22.9. The molecule has 0 aliphatic heterocycles. The van der Waals surface area contributed by atoms with Crippen LogP contribution in [0.2, 0.25) is 0 Å². The number of esters is 1. The summed E-state index contributed by atoms with van der Waals surface area (Å²) in [6.07, 6.45) is 12.3. The van der Waals surface area contributed by atoms with Crippen LogP contribution in [0.5, 0.6) is 0 Å². The average molecular weight is 453 g/mol. The molecule has 0 N–H and O–H groups in total. The van der Waals surface area contributed by atoms with Crippen LogP contribution >= 0.6 is 0 Å². The van der Waals surface area contributed by atoms with Crippen molar-refractivity contribution in [2.75, 3.05) is 13.2 Å². The summed E-state index contributed by atoms with van der Waals surface area (Å²) < 4.78 is 39.7. The topological polar surface area (TPSA) is 35.5 Å². The molecule has 1 aromatic rings. The summed E-state index contributed by atoms with van der Waals surface area (Å²) in [6, 6.07) is 3.17. The standard InChI is InChI=1S/C27H38F2O3.2H2/c1-3-6-24-25(28)17-22(18-26(24)29)21-9-7-19(8-10-21)20-11-13-23(14-12-20)31-15-5-16-32-27(30)4-2;;/h4,17-21,23H,2-3,5-16H2,1H3;2*1H. The summed E-state index contributed by atoms with van der Waals surface area (Å²) in [7, 11) is 0. The summed E-state index contributed by atoms with van der Waals surface area (Å²) in [5.41, 5.74) is 1.08. The molecule has 32 heavy (non-hydrogen) atoms. The van der Waals surface area contributed by atoms with Crippen molar-refractivity contribution in [3.63, 3.8) is 0 Å². The molecule has 0 heterocycles. The van der Waals surface area contributed by atoms with Crippen molar-refractivity contribution in [1.82, 2.24) is 0 Å². The second-order valence-electron chi connectivity index (χ2n) is 9.46. The molecule has 1 aromatic carbocycles. The average Bonchev–Trinajstić information content (AvgIpc) is 2.81. The molecule has 3 nitrogen and oxygen atoms in total. The van der Waals surface area contributed by atoms with Gasteiger partial charge in [0.15, 0.2) is 0 Å². The maximum Gasteiger partial charge on any atom is 0.330 e. The maximum absolute atomic E-state index is 14.4. The van der Waals surface area contributed by atoms with Gasteiger partial charge in [0.1, 0.15) is 11.6 Å². The Morgan fingerprint density at radius 3 is 2.19 bits per heavy atom. The van der Waals surface area contributed by atoms with E-state index in [1.165, 1.54) is 18.9 Å². The fourth-order valence-electron chi connectivity index (χ4n) is 5.54. The van der Waals surface area contributed by atoms with Gasteiger partial charge in [-0.1, -0.05) is 19.9 Å². The number of carbonyl (C=O) groups is 1. The minimum Gasteiger partial charge on any atom is -0.462 e. The van der Waals surface area contributed by atoms with Gasteiger partial charge in [0.25, 0.3) is 0 Å². The number of carbonyl (C=O) groups excluding carboxylic acids is 1. The molecule has 0 radical (unpaired) electrons. The van der Waals surface area contributed by atoms with Gasteiger partial charge in [0, 0.05) is 20.9 Å². The summed E-state index contributed by atoms with van der Waals surface area (Å²) in [4.78, 5) is 11.0. The van der Waals surface area contributed by atoms with Crippen LogP contribution in [-0.4, -0.2) is 25.3 Å². The Labute approximate surface area is 194 Å². The van der Waals surface area contributed by atoms with Gasteiger partial charge in [0.05, 0.1) is 19.3 Å². The highest BCUT2D eigenvalue weighted by Gasteiger charge is 2.32. The highest BCUT2D eigenvalue weighted by atomic mass is 19.1. The van der Waals surface area contributed by atoms with Crippen LogP contribution in [0.25, 0.3) is 0 Å². The Kier molecular flexibility index (Phi) is 9.70. The first-order chi connectivity index (χ1) is 15.5. The number of halogens is 2. The predicted molar refractivity (Wildman–Crippen MR) is 127 cm³/mol. The van der Waals surface area contributed by atoms with Crippen LogP contribution in [0, 0.1) is 23.5 Å². The van der Waals surface area contributed by atoms with Gasteiger partial charge in [-0.2, -0.15) is 0 Å². The van der Waals surface area contributed by atoms with Gasteiger partial charge in [-0.25, -0.2) is 13.6 Å². The van der Waals surface area contributed by atoms with Crippen molar-refractivity contribution in [1.29, 1.82) is 0 Å². The van der Waals surface area contributed by atoms with Crippen molar-refractivity contribution in [3.8, 4) is 0 Å². The van der Waals surface area contributed by atoms with Crippen LogP contribution in [0.1, 0.15) is 91.0 Å². The number of rotatable bonds is 10. The molecule has 2 fully saturated rings. The number of hydrogen-bond acceptors (Lipinski definition) is 3. The lowest BCUT2D eigenvalue weighted by molar-refractivity contribution is -0.138. The van der Waals surface area contributed by atoms with Crippen LogP contribution in [-0.2, 0) is 20.7 Å². The molecule has 0 unspecified atom stereocenters. The zero-order valence-corrected chi connectivity index (χ0v) is 19.4. The molecule has 2 saturated carbocycles. The molecule has 0 saturated heterocycles. The van der Waals surface area contributed by atoms with E-state index >= 15 is 0 Å². The Bertz CT molecular complexity index is 735. The highest BCUT2D eigenvalue weighted by molar-refractivity contribution is 5.81. The van der Waals surface area contributed by atoms with E-state index in [2.05, 4.69) is 6.58 Å². The normalized spacial score (nSPS) is 26.0. The fraction of sp³-hybridized carbons (Fsp3) is 0.667. The first-order valence-corrected chi connectivity index (χ1v) is 12.4. The molecule has 0 spiro atoms. The molecule has 0 atom stereocenters. The monoisotopic (exact) mass is 452 g/mol. The molecule has 0 aromatic heterocycles. The Morgan fingerprint density at radius 1 is 1.03 bits per heavy atom. The smallest absolute Gasteiger partial charge is 0.330 e. The third-order valence-corrected chi connectivity index (χ3v) is 7.35. The molecule has 5 heteroatoms. The second kappa shape index (κ2) is 12.5. The molecule has 3 rings (SSSR count). The Balaban J connectivity index is 0.00000289. The van der Waals surface area contributed by atoms with Gasteiger partial charge >= 0.3 is 5.97 Å². The van der Waals surface area contributed by atoms with E-state index in [1.54, 1.807) is 12.1 Å². The third kappa shape index (κ3) is 6.87. The fourth-order valence-corrected chi connectivity index (χ4v) is 5.54. The van der Waals surface area contributed by atoms with Gasteiger partial charge < -0.3 is 9.47 Å². The molecular weight excluding hydrogens is 410 g/mol. The van der Waals surface area contributed by atoms with Gasteiger partial charge in [-0.05, 0) is 93.2 Å². The quantitative estimate of drug-likeness (QED) is 0.211. The lowest BCUT2D eigenvalue weighted by Crippen LogP contribution is -2.28. The molecular formula is C27H42F2O3. The molecule has 2 aliphatic carbocycles. The lowest BCUT2D eigenvalue weighted by atomic mass is 9.69. The van der Waals surface area contributed by atoms with Crippen molar-refractivity contribution in [2.24, 2.45) is 11.8 Å². The Morgan fingerprint density at radius 2 is 1.62 bits per heavy atom. The van der Waals surface area contributed by atoms with E-state index in [1.807, 2.05) is 6.92 Å². The van der Waals surface area contributed by atoms with E-state index in [-0.39, 0.29) is 31.9 Å². The molecule has 2 aliphatic rings. The minimum absolute atomic E-state index is 0. The summed E-state index contributed by atoms with van der Waals surface area (Å²) in [5, 5.41) is 0. The van der Waals surface area contributed by atoms with Gasteiger partial charge in [-0.15, -0.1) is 0 Å². The van der Waals surface area contributed by atoms with Gasteiger partial charge in [-0.3, -0.25) is 0 Å². The number of ether oxygens (including phenoxy) is 2. The van der Waals surface area contributed by atoms with E-state index in [0.29, 0.717) is 32.2 Å². The molecule has 182 valence electrons. The van der Waals surface area contributed by atoms with Crippen LogP contribution in [0.15, 0.2) is 24.8 Å². The van der Waals surface area contributed by atoms with E-state index in [0.717, 1.165) is 62.3 Å². The number of hydrogen-bond donors (Lipinski definition) is 0. The van der Waals surface area contributed by atoms with E-state index < -0.39 is 0 Å². The van der Waals surface area contributed by atoms with Crippen molar-refractivity contribution < 1.29 is 25.9 Å². The van der Waals surface area contributed by atoms with E-state index in [9.17, 15) is 13.6 Å². The first kappa shape index (κ1) is 24.9. The summed E-state index contributed by atoms with van der Waals surface area (Å²) in [5.74, 6) is 0.608. The van der Waals surface area contributed by atoms with Crippen LogP contribution in [0.4, 0.5) is 8.78 Å². The maximum atomic E-state index is 14.4. The van der Waals surface area contributed by atoms with Crippen LogP contribution < -0.4 is 0 Å². The third-order valence-electron chi connectivity index (χ3n) is 7.35. The summed E-state index contributed by atoms with van der Waals surface area (Å²) >= 11 is 0. The zero-order valence-electron chi connectivity index (χ0n) is 19.4. The first-order valence-electron chi connectivity index (χ1n) is 12.4. The largest absolute Gasteiger partial charge is 0.462 e. The van der Waals surface area contributed by atoms with Crippen LogP contribution in [0.3, 0.4) is 0 Å². The minimum atomic E-state index is -0.385. The second-order valence-corrected chi connectivity index (χ2v) is 9.46. The highest BCUT2D eigenvalue weighted by Crippen LogP contribution is 2.43.